The summed E-state index contributed by atoms with van der Waals surface area (Å²) in [6.07, 6.45) is 4.96. The molecular weight excluding hydrogens is 340 g/mol. The summed E-state index contributed by atoms with van der Waals surface area (Å²) in [5.74, 6) is 2.32. The molecule has 0 aromatic carbocycles. The maximum atomic E-state index is 12.0. The molecule has 0 aliphatic rings. The van der Waals surface area contributed by atoms with Crippen LogP contribution >= 0.6 is 11.8 Å². The van der Waals surface area contributed by atoms with Gasteiger partial charge < -0.3 is 14.2 Å². The number of amides is 1. The van der Waals surface area contributed by atoms with Gasteiger partial charge in [-0.25, -0.2) is 0 Å². The normalized spacial score (nSPS) is 10.8. The highest BCUT2D eigenvalue weighted by atomic mass is 32.2. The summed E-state index contributed by atoms with van der Waals surface area (Å²) in [7, 11) is 0. The van der Waals surface area contributed by atoms with Gasteiger partial charge in [-0.1, -0.05) is 17.8 Å². The van der Waals surface area contributed by atoms with Gasteiger partial charge in [-0.3, -0.25) is 9.36 Å². The molecular formula is C17H18N4O3S. The van der Waals surface area contributed by atoms with Crippen molar-refractivity contribution >= 4 is 17.7 Å². The summed E-state index contributed by atoms with van der Waals surface area (Å²) in [5, 5.41) is 11.9. The third kappa shape index (κ3) is 4.03. The second kappa shape index (κ2) is 7.89. The number of aromatic nitrogens is 3. The second-order valence-corrected chi connectivity index (χ2v) is 6.18. The maximum absolute atomic E-state index is 12.0. The minimum Gasteiger partial charge on any atom is -0.469 e. The molecule has 0 unspecified atom stereocenters. The van der Waals surface area contributed by atoms with E-state index in [0.29, 0.717) is 29.8 Å². The van der Waals surface area contributed by atoms with Crippen LogP contribution in [0.1, 0.15) is 11.5 Å². The fraction of sp³-hybridized carbons (Fsp3) is 0.235. The van der Waals surface area contributed by atoms with Crippen LogP contribution in [0.25, 0.3) is 11.4 Å². The molecule has 3 heterocycles. The van der Waals surface area contributed by atoms with Gasteiger partial charge >= 0.3 is 0 Å². The zero-order valence-electron chi connectivity index (χ0n) is 13.8. The zero-order valence-corrected chi connectivity index (χ0v) is 14.6. The van der Waals surface area contributed by atoms with E-state index < -0.39 is 0 Å². The van der Waals surface area contributed by atoms with Crippen LogP contribution in [0.2, 0.25) is 0 Å². The highest BCUT2D eigenvalue weighted by molar-refractivity contribution is 7.99. The van der Waals surface area contributed by atoms with Crippen molar-refractivity contribution in [1.82, 2.24) is 20.1 Å². The van der Waals surface area contributed by atoms with E-state index in [1.807, 2.05) is 23.6 Å². The van der Waals surface area contributed by atoms with Crippen LogP contribution in [-0.2, 0) is 17.9 Å². The van der Waals surface area contributed by atoms with E-state index in [-0.39, 0.29) is 11.7 Å². The summed E-state index contributed by atoms with van der Waals surface area (Å²) >= 11 is 1.32. The lowest BCUT2D eigenvalue weighted by atomic mass is 10.2. The molecule has 3 rings (SSSR count). The summed E-state index contributed by atoms with van der Waals surface area (Å²) in [6, 6.07) is 5.45. The van der Waals surface area contributed by atoms with Crippen LogP contribution in [0.15, 0.2) is 57.4 Å². The smallest absolute Gasteiger partial charge is 0.230 e. The van der Waals surface area contributed by atoms with E-state index >= 15 is 0 Å². The number of furan rings is 2. The Labute approximate surface area is 149 Å². The number of thioether (sulfide) groups is 1. The van der Waals surface area contributed by atoms with Gasteiger partial charge in [-0.05, 0) is 25.1 Å². The third-order valence-electron chi connectivity index (χ3n) is 3.50. The van der Waals surface area contributed by atoms with Crippen LogP contribution in [0, 0.1) is 6.92 Å². The standard InChI is InChI=1S/C17H18N4O3S/c1-3-7-21-16(14-6-9-23-12(14)2)19-20-17(21)25-11-15(22)18-10-13-5-4-8-24-13/h3-6,8-9H,1,7,10-11H2,2H3,(H,18,22). The average Bonchev–Trinajstić information content (AvgIpc) is 3.33. The number of hydrogen-bond acceptors (Lipinski definition) is 6. The van der Waals surface area contributed by atoms with Crippen LogP contribution in [0.5, 0.6) is 0 Å². The van der Waals surface area contributed by atoms with Crippen LogP contribution < -0.4 is 5.32 Å². The molecule has 1 amide bonds. The van der Waals surface area contributed by atoms with Gasteiger partial charge in [0.15, 0.2) is 11.0 Å². The third-order valence-corrected chi connectivity index (χ3v) is 4.47. The van der Waals surface area contributed by atoms with Crippen LogP contribution in [0.3, 0.4) is 0 Å². The molecule has 0 fully saturated rings. The molecule has 3 aromatic rings. The lowest BCUT2D eigenvalue weighted by Gasteiger charge is -2.07. The van der Waals surface area contributed by atoms with Crippen molar-refractivity contribution < 1.29 is 13.6 Å². The number of nitrogens with zero attached hydrogens (tertiary/aromatic N) is 3. The number of carbonyl (C=O) groups is 1. The van der Waals surface area contributed by atoms with E-state index in [1.165, 1.54) is 11.8 Å². The Hall–Kier alpha value is -2.74. The predicted molar refractivity (Wildman–Crippen MR) is 93.9 cm³/mol. The Morgan fingerprint density at radius 3 is 2.92 bits per heavy atom. The lowest BCUT2D eigenvalue weighted by Crippen LogP contribution is -2.24. The summed E-state index contributed by atoms with van der Waals surface area (Å²) in [6.45, 7) is 6.56. The Bertz CT molecular complexity index is 851. The van der Waals surface area contributed by atoms with E-state index in [2.05, 4.69) is 22.1 Å². The SMILES string of the molecule is C=CCn1c(SCC(=O)NCc2ccco2)nnc1-c1ccoc1C. The predicted octanol–water partition coefficient (Wildman–Crippen LogP) is 3.03. The van der Waals surface area contributed by atoms with Gasteiger partial charge in [-0.15, -0.1) is 16.8 Å². The molecule has 0 bridgehead atoms. The van der Waals surface area contributed by atoms with Crippen molar-refractivity contribution in [3.63, 3.8) is 0 Å². The first-order valence-electron chi connectivity index (χ1n) is 7.69. The van der Waals surface area contributed by atoms with Gasteiger partial charge in [0.2, 0.25) is 5.91 Å². The quantitative estimate of drug-likeness (QED) is 0.492. The second-order valence-electron chi connectivity index (χ2n) is 5.24. The van der Waals surface area contributed by atoms with E-state index in [9.17, 15) is 4.79 Å². The Balaban J connectivity index is 1.66. The van der Waals surface area contributed by atoms with Gasteiger partial charge in [0, 0.05) is 6.54 Å². The van der Waals surface area contributed by atoms with Crippen LogP contribution in [0.4, 0.5) is 0 Å². The first kappa shape index (κ1) is 17.1. The van der Waals surface area contributed by atoms with Gasteiger partial charge in [0.1, 0.15) is 11.5 Å². The molecule has 0 radical (unpaired) electrons. The maximum Gasteiger partial charge on any atom is 0.230 e. The van der Waals surface area contributed by atoms with Gasteiger partial charge in [-0.2, -0.15) is 0 Å². The molecule has 1 N–H and O–H groups in total. The number of rotatable bonds is 8. The Morgan fingerprint density at radius 1 is 1.36 bits per heavy atom. The summed E-state index contributed by atoms with van der Waals surface area (Å²) in [4.78, 5) is 12.0. The Kier molecular flexibility index (Phi) is 5.39. The van der Waals surface area contributed by atoms with E-state index in [4.69, 9.17) is 8.83 Å². The first-order valence-corrected chi connectivity index (χ1v) is 8.68. The highest BCUT2D eigenvalue weighted by Crippen LogP contribution is 2.27. The number of hydrogen-bond donors (Lipinski definition) is 1. The summed E-state index contributed by atoms with van der Waals surface area (Å²) in [5.41, 5.74) is 0.878. The van der Waals surface area contributed by atoms with Crippen molar-refractivity contribution in [2.45, 2.75) is 25.2 Å². The van der Waals surface area contributed by atoms with Crippen molar-refractivity contribution in [2.24, 2.45) is 0 Å². The molecule has 0 aliphatic carbocycles. The zero-order chi connectivity index (χ0) is 17.6. The van der Waals surface area contributed by atoms with Crippen molar-refractivity contribution in [3.05, 3.63) is 54.9 Å². The van der Waals surface area contributed by atoms with Gasteiger partial charge in [0.25, 0.3) is 0 Å². The lowest BCUT2D eigenvalue weighted by molar-refractivity contribution is -0.118. The molecule has 3 aromatic heterocycles. The minimum atomic E-state index is -0.101. The molecule has 0 aliphatic heterocycles. The molecule has 25 heavy (non-hydrogen) atoms. The minimum absolute atomic E-state index is 0.101. The van der Waals surface area contributed by atoms with Crippen molar-refractivity contribution in [3.8, 4) is 11.4 Å². The topological polar surface area (TPSA) is 86.1 Å². The molecule has 0 spiro atoms. The van der Waals surface area contributed by atoms with E-state index in [1.54, 1.807) is 24.7 Å². The molecule has 0 atom stereocenters. The van der Waals surface area contributed by atoms with E-state index in [0.717, 1.165) is 11.3 Å². The molecule has 8 heteroatoms. The average molecular weight is 358 g/mol. The van der Waals surface area contributed by atoms with Crippen molar-refractivity contribution in [1.29, 1.82) is 0 Å². The summed E-state index contributed by atoms with van der Waals surface area (Å²) < 4.78 is 12.4. The molecule has 0 saturated heterocycles. The molecule has 130 valence electrons. The fourth-order valence-corrected chi connectivity index (χ4v) is 3.06. The van der Waals surface area contributed by atoms with Gasteiger partial charge in [0.05, 0.1) is 30.4 Å². The largest absolute Gasteiger partial charge is 0.469 e. The molecule has 7 nitrogen and oxygen atoms in total. The molecule has 0 saturated carbocycles. The first-order chi connectivity index (χ1) is 12.2. The number of carbonyl (C=O) groups excluding carboxylic acids is 1. The fourth-order valence-electron chi connectivity index (χ4n) is 2.29. The van der Waals surface area contributed by atoms with Crippen molar-refractivity contribution in [2.75, 3.05) is 5.75 Å². The van der Waals surface area contributed by atoms with Crippen LogP contribution in [-0.4, -0.2) is 26.4 Å². The highest BCUT2D eigenvalue weighted by Gasteiger charge is 2.17. The number of nitrogens with one attached hydrogen (secondary N) is 1. The monoisotopic (exact) mass is 358 g/mol. The number of allylic oxidation sites excluding steroid dienone is 1. The Morgan fingerprint density at radius 2 is 2.24 bits per heavy atom. The number of aryl methyl sites for hydroxylation is 1.